The van der Waals surface area contributed by atoms with Gasteiger partial charge in [0, 0.05) is 11.3 Å². The van der Waals surface area contributed by atoms with Crippen LogP contribution in [0.4, 0.5) is 0 Å². The van der Waals surface area contributed by atoms with E-state index in [0.717, 1.165) is 77.0 Å². The molecule has 63 heavy (non-hydrogen) atoms. The number of hydrogen-bond acceptors (Lipinski definition) is 0. The number of hydrogen-bond donors (Lipinski definition) is 0. The molecule has 0 aliphatic rings. The molecule has 0 N–H and O–H groups in total. The van der Waals surface area contributed by atoms with Crippen molar-refractivity contribution in [3.05, 3.63) is 189 Å². The molecule has 0 saturated carbocycles. The van der Waals surface area contributed by atoms with Crippen molar-refractivity contribution in [1.29, 1.82) is 0 Å². The van der Waals surface area contributed by atoms with Crippen LogP contribution >= 0.6 is 15.8 Å². The summed E-state index contributed by atoms with van der Waals surface area (Å²) < 4.78 is 0. The van der Waals surface area contributed by atoms with E-state index < -0.39 is 15.8 Å². The summed E-state index contributed by atoms with van der Waals surface area (Å²) in [4.78, 5) is 0. The second kappa shape index (κ2) is 23.4. The standard InChI is InChI=1S/C61H78P2/c1-11-31-61(32-12-2,59(53-27-23-21-24-28-53)62(55-37-45(13-3)33-46(14-4)38-55)56-39-47(15-5)34-48(16-6)40-56)60(54-29-25-22-26-30-54)63(57-41-49(17-7)35-50(18-8)42-57)58-43-51(19-9)36-52(20-10)44-58/h21-30,33-44,59-60H,11-20,31-32H2,1-10H3. The van der Waals surface area contributed by atoms with Gasteiger partial charge in [-0.1, -0.05) is 216 Å². The van der Waals surface area contributed by atoms with Gasteiger partial charge in [0.15, 0.2) is 0 Å². The Morgan fingerprint density at radius 1 is 0.317 bits per heavy atom. The molecule has 0 spiro atoms. The zero-order valence-electron chi connectivity index (χ0n) is 40.7. The van der Waals surface area contributed by atoms with Crippen LogP contribution in [0.1, 0.15) is 162 Å². The lowest BCUT2D eigenvalue weighted by Gasteiger charge is -2.53. The van der Waals surface area contributed by atoms with Crippen LogP contribution in [-0.4, -0.2) is 0 Å². The fraction of sp³-hybridized carbons (Fsp3) is 0.410. The minimum atomic E-state index is -0.902. The first-order chi connectivity index (χ1) is 30.7. The zero-order chi connectivity index (χ0) is 44.9. The molecule has 0 nitrogen and oxygen atoms in total. The van der Waals surface area contributed by atoms with Crippen molar-refractivity contribution in [2.24, 2.45) is 5.41 Å². The van der Waals surface area contributed by atoms with E-state index in [4.69, 9.17) is 0 Å². The minimum Gasteiger partial charge on any atom is -0.0654 e. The van der Waals surface area contributed by atoms with Gasteiger partial charge in [-0.2, -0.15) is 0 Å². The van der Waals surface area contributed by atoms with Crippen molar-refractivity contribution in [3.63, 3.8) is 0 Å². The SMILES string of the molecule is CCCC(CCC)(C(c1ccccc1)P(c1cc(CC)cc(CC)c1)c1cc(CC)cc(CC)c1)C(c1ccccc1)P(c1cc(CC)cc(CC)c1)c1cc(CC)cc(CC)c1. The summed E-state index contributed by atoms with van der Waals surface area (Å²) >= 11 is 0. The van der Waals surface area contributed by atoms with Gasteiger partial charge in [-0.15, -0.1) is 0 Å². The van der Waals surface area contributed by atoms with Gasteiger partial charge in [0.25, 0.3) is 0 Å². The summed E-state index contributed by atoms with van der Waals surface area (Å²) in [5.41, 5.74) is 15.2. The quantitative estimate of drug-likeness (QED) is 0.0596. The van der Waals surface area contributed by atoms with Crippen LogP contribution in [0.3, 0.4) is 0 Å². The van der Waals surface area contributed by atoms with Gasteiger partial charge in [0.2, 0.25) is 0 Å². The van der Waals surface area contributed by atoms with E-state index in [0.29, 0.717) is 0 Å². The molecule has 2 atom stereocenters. The third-order valence-corrected chi connectivity index (χ3v) is 19.7. The van der Waals surface area contributed by atoms with E-state index in [1.54, 1.807) is 21.2 Å². The average Bonchev–Trinajstić information content (AvgIpc) is 3.34. The fourth-order valence-electron chi connectivity index (χ4n) is 10.6. The maximum absolute atomic E-state index is 2.64. The van der Waals surface area contributed by atoms with E-state index in [2.05, 4.69) is 203 Å². The number of aryl methyl sites for hydroxylation is 8. The molecule has 0 amide bonds. The van der Waals surface area contributed by atoms with Gasteiger partial charge in [-0.3, -0.25) is 0 Å². The molecule has 6 aromatic rings. The Balaban J connectivity index is 1.86. The Morgan fingerprint density at radius 2 is 0.540 bits per heavy atom. The average molecular weight is 873 g/mol. The number of benzene rings is 6. The lowest BCUT2D eigenvalue weighted by Crippen LogP contribution is -2.40. The molecule has 0 radical (unpaired) electrons. The molecule has 0 fully saturated rings. The molecular formula is C61H78P2. The molecule has 0 saturated heterocycles. The molecule has 0 aliphatic carbocycles. The maximum Gasteiger partial charge on any atom is 0.0188 e. The number of rotatable bonds is 22. The van der Waals surface area contributed by atoms with Gasteiger partial charge < -0.3 is 0 Å². The highest BCUT2D eigenvalue weighted by atomic mass is 31.1. The topological polar surface area (TPSA) is 0 Å². The smallest absolute Gasteiger partial charge is 0.0188 e. The van der Waals surface area contributed by atoms with E-state index in [1.807, 2.05) is 0 Å². The third kappa shape index (κ3) is 11.2. The molecule has 2 heteroatoms. The Labute approximate surface area is 387 Å². The van der Waals surface area contributed by atoms with E-state index >= 15 is 0 Å². The lowest BCUT2D eigenvalue weighted by molar-refractivity contribution is 0.214. The summed E-state index contributed by atoms with van der Waals surface area (Å²) in [7, 11) is -1.80. The van der Waals surface area contributed by atoms with Crippen molar-refractivity contribution in [1.82, 2.24) is 0 Å². The zero-order valence-corrected chi connectivity index (χ0v) is 42.5. The molecule has 6 aromatic carbocycles. The van der Waals surface area contributed by atoms with Gasteiger partial charge in [0.05, 0.1) is 0 Å². The van der Waals surface area contributed by atoms with E-state index in [1.165, 1.54) is 55.6 Å². The summed E-state index contributed by atoms with van der Waals surface area (Å²) in [5, 5.41) is 6.22. The highest BCUT2D eigenvalue weighted by Crippen LogP contribution is 2.72. The monoisotopic (exact) mass is 873 g/mol. The molecule has 0 aliphatic heterocycles. The predicted molar refractivity (Wildman–Crippen MR) is 284 cm³/mol. The summed E-state index contributed by atoms with van der Waals surface area (Å²) in [6.45, 7) is 23.8. The van der Waals surface area contributed by atoms with Crippen molar-refractivity contribution in [3.8, 4) is 0 Å². The van der Waals surface area contributed by atoms with Gasteiger partial charge >= 0.3 is 0 Å². The fourth-order valence-corrected chi connectivity index (χ4v) is 17.7. The molecule has 0 heterocycles. The van der Waals surface area contributed by atoms with Crippen molar-refractivity contribution in [2.75, 3.05) is 0 Å². The van der Waals surface area contributed by atoms with Gasteiger partial charge in [-0.05, 0) is 162 Å². The Morgan fingerprint density at radius 3 is 0.730 bits per heavy atom. The molecule has 332 valence electrons. The molecular weight excluding hydrogens is 795 g/mol. The van der Waals surface area contributed by atoms with Crippen molar-refractivity contribution in [2.45, 2.75) is 158 Å². The normalized spacial score (nSPS) is 12.9. The third-order valence-electron chi connectivity index (χ3n) is 13.8. The summed E-state index contributed by atoms with van der Waals surface area (Å²) in [6.07, 6.45) is 12.9. The van der Waals surface area contributed by atoms with Crippen molar-refractivity contribution >= 4 is 37.1 Å². The predicted octanol–water partition coefficient (Wildman–Crippen LogP) is 15.8. The minimum absolute atomic E-state index is 0.101. The lowest BCUT2D eigenvalue weighted by atomic mass is 9.69. The maximum atomic E-state index is 2.64. The van der Waals surface area contributed by atoms with Gasteiger partial charge in [-0.25, -0.2) is 0 Å². The molecule has 0 aromatic heterocycles. The first kappa shape index (κ1) is 48.6. The largest absolute Gasteiger partial charge is 0.0654 e. The second-order valence-corrected chi connectivity index (χ2v) is 22.5. The Hall–Kier alpha value is -3.82. The van der Waals surface area contributed by atoms with Crippen LogP contribution in [0.2, 0.25) is 0 Å². The van der Waals surface area contributed by atoms with Crippen LogP contribution < -0.4 is 21.2 Å². The van der Waals surface area contributed by atoms with Gasteiger partial charge in [0.1, 0.15) is 0 Å². The molecule has 0 bridgehead atoms. The Bertz CT molecular complexity index is 1970. The van der Waals surface area contributed by atoms with Crippen LogP contribution in [-0.2, 0) is 51.4 Å². The van der Waals surface area contributed by atoms with E-state index in [9.17, 15) is 0 Å². The second-order valence-electron chi connectivity index (χ2n) is 18.0. The first-order valence-electron chi connectivity index (χ1n) is 24.9. The van der Waals surface area contributed by atoms with Crippen LogP contribution in [0.25, 0.3) is 0 Å². The molecule has 2 unspecified atom stereocenters. The molecule has 6 rings (SSSR count). The van der Waals surface area contributed by atoms with Crippen molar-refractivity contribution < 1.29 is 0 Å². The highest BCUT2D eigenvalue weighted by molar-refractivity contribution is 7.74. The summed E-state index contributed by atoms with van der Waals surface area (Å²) in [6, 6.07) is 55.1. The van der Waals surface area contributed by atoms with Crippen LogP contribution in [0.15, 0.2) is 133 Å². The Kier molecular flexibility index (Phi) is 18.1. The summed E-state index contributed by atoms with van der Waals surface area (Å²) in [5.74, 6) is 0. The van der Waals surface area contributed by atoms with Crippen LogP contribution in [0.5, 0.6) is 0 Å². The van der Waals surface area contributed by atoms with E-state index in [-0.39, 0.29) is 16.7 Å². The highest BCUT2D eigenvalue weighted by Gasteiger charge is 2.52. The van der Waals surface area contributed by atoms with Crippen LogP contribution in [0, 0.1) is 5.41 Å². The first-order valence-corrected chi connectivity index (χ1v) is 27.7.